The number of hydrogen-bond donors (Lipinski definition) is 0. The fourth-order valence-corrected chi connectivity index (χ4v) is 2.33. The van der Waals surface area contributed by atoms with Crippen molar-refractivity contribution in [1.82, 2.24) is 0 Å². The van der Waals surface area contributed by atoms with Gasteiger partial charge < -0.3 is 4.74 Å². The van der Waals surface area contributed by atoms with Gasteiger partial charge in [-0.25, -0.2) is 0 Å². The predicted molar refractivity (Wildman–Crippen MR) is 79.8 cm³/mol. The second-order valence-corrected chi connectivity index (χ2v) is 5.33. The molecule has 0 unspecified atom stereocenters. The molecule has 0 aliphatic carbocycles. The van der Waals surface area contributed by atoms with Crippen LogP contribution in [0.15, 0.2) is 24.3 Å². The van der Waals surface area contributed by atoms with Gasteiger partial charge in [-0.1, -0.05) is 38.8 Å². The minimum Gasteiger partial charge on any atom is -0.491 e. The first-order valence-electron chi connectivity index (χ1n) is 7.39. The van der Waals surface area contributed by atoms with Crippen molar-refractivity contribution in [3.05, 3.63) is 29.8 Å². The summed E-state index contributed by atoms with van der Waals surface area (Å²) in [6.07, 6.45) is 4.19. The lowest BCUT2D eigenvalue weighted by Crippen LogP contribution is -2.15. The molecule has 0 spiro atoms. The summed E-state index contributed by atoms with van der Waals surface area (Å²) >= 11 is 0. The Kier molecular flexibility index (Phi) is 6.61. The minimum absolute atomic E-state index is 0.132. The third-order valence-corrected chi connectivity index (χ3v) is 3.14. The fraction of sp³-hybridized carbons (Fsp3) is 0.588. The number of carbonyl (C=O) groups is 1. The van der Waals surface area contributed by atoms with Crippen LogP contribution in [0.2, 0.25) is 0 Å². The molecule has 2 heteroatoms. The zero-order chi connectivity index (χ0) is 14.3. The SMILES string of the molecule is CCCC(CCC)C(=O)c1cccc(OC(C)C)c1. The molecule has 0 atom stereocenters. The highest BCUT2D eigenvalue weighted by molar-refractivity contribution is 5.98. The summed E-state index contributed by atoms with van der Waals surface area (Å²) < 4.78 is 5.65. The van der Waals surface area contributed by atoms with Crippen molar-refractivity contribution in [3.8, 4) is 5.75 Å². The average Bonchev–Trinajstić information content (AvgIpc) is 2.37. The Balaban J connectivity index is 2.84. The van der Waals surface area contributed by atoms with E-state index in [4.69, 9.17) is 4.74 Å². The van der Waals surface area contributed by atoms with Crippen molar-refractivity contribution in [3.63, 3.8) is 0 Å². The number of hydrogen-bond acceptors (Lipinski definition) is 2. The van der Waals surface area contributed by atoms with Gasteiger partial charge in [0.2, 0.25) is 0 Å². The Morgan fingerprint density at radius 2 is 1.79 bits per heavy atom. The first kappa shape index (κ1) is 15.7. The molecule has 0 heterocycles. The number of ether oxygens (including phenoxy) is 1. The molecule has 106 valence electrons. The van der Waals surface area contributed by atoms with Gasteiger partial charge in [0.1, 0.15) is 5.75 Å². The van der Waals surface area contributed by atoms with Crippen LogP contribution >= 0.6 is 0 Å². The van der Waals surface area contributed by atoms with Gasteiger partial charge in [-0.2, -0.15) is 0 Å². The second kappa shape index (κ2) is 7.98. The molecule has 0 aliphatic rings. The molecule has 0 aromatic heterocycles. The largest absolute Gasteiger partial charge is 0.491 e. The van der Waals surface area contributed by atoms with E-state index in [-0.39, 0.29) is 17.8 Å². The molecule has 19 heavy (non-hydrogen) atoms. The summed E-state index contributed by atoms with van der Waals surface area (Å²) in [4.78, 5) is 12.5. The van der Waals surface area contributed by atoms with E-state index in [1.54, 1.807) is 0 Å². The summed E-state index contributed by atoms with van der Waals surface area (Å²) in [5.41, 5.74) is 0.782. The van der Waals surface area contributed by atoms with E-state index in [1.165, 1.54) is 0 Å². The molecule has 1 rings (SSSR count). The van der Waals surface area contributed by atoms with E-state index in [0.717, 1.165) is 37.0 Å². The fourth-order valence-electron chi connectivity index (χ4n) is 2.33. The first-order valence-corrected chi connectivity index (χ1v) is 7.39. The molecule has 1 aromatic rings. The smallest absolute Gasteiger partial charge is 0.166 e. The molecule has 0 amide bonds. The van der Waals surface area contributed by atoms with Crippen LogP contribution in [0.5, 0.6) is 5.75 Å². The van der Waals surface area contributed by atoms with Crippen LogP contribution in [-0.4, -0.2) is 11.9 Å². The molecule has 0 bridgehead atoms. The summed E-state index contributed by atoms with van der Waals surface area (Å²) in [6, 6.07) is 7.58. The second-order valence-electron chi connectivity index (χ2n) is 5.33. The van der Waals surface area contributed by atoms with Gasteiger partial charge in [0, 0.05) is 11.5 Å². The van der Waals surface area contributed by atoms with Crippen molar-refractivity contribution >= 4 is 5.78 Å². The number of Topliss-reactive ketones (excluding diaryl/α,β-unsaturated/α-hetero) is 1. The molecule has 0 radical (unpaired) electrons. The predicted octanol–water partition coefficient (Wildman–Crippen LogP) is 4.87. The lowest BCUT2D eigenvalue weighted by atomic mass is 9.90. The average molecular weight is 262 g/mol. The molecular weight excluding hydrogens is 236 g/mol. The topological polar surface area (TPSA) is 26.3 Å². The van der Waals surface area contributed by atoms with Crippen LogP contribution in [0.4, 0.5) is 0 Å². The van der Waals surface area contributed by atoms with Crippen LogP contribution in [-0.2, 0) is 0 Å². The lowest BCUT2D eigenvalue weighted by molar-refractivity contribution is 0.0904. The Labute approximate surface area is 117 Å². The Hall–Kier alpha value is -1.31. The summed E-state index contributed by atoms with van der Waals surface area (Å²) in [7, 11) is 0. The quantitative estimate of drug-likeness (QED) is 0.624. The van der Waals surface area contributed by atoms with E-state index in [2.05, 4.69) is 13.8 Å². The minimum atomic E-state index is 0.132. The Morgan fingerprint density at radius 1 is 1.16 bits per heavy atom. The molecule has 1 aromatic carbocycles. The van der Waals surface area contributed by atoms with Crippen LogP contribution in [0.3, 0.4) is 0 Å². The Morgan fingerprint density at radius 3 is 2.32 bits per heavy atom. The third kappa shape index (κ3) is 5.06. The molecule has 0 fully saturated rings. The van der Waals surface area contributed by atoms with Gasteiger partial charge in [-0.15, -0.1) is 0 Å². The van der Waals surface area contributed by atoms with Crippen LogP contribution in [0.1, 0.15) is 63.7 Å². The zero-order valence-corrected chi connectivity index (χ0v) is 12.6. The monoisotopic (exact) mass is 262 g/mol. The maximum Gasteiger partial charge on any atom is 0.166 e. The number of benzene rings is 1. The molecule has 0 saturated carbocycles. The molecule has 0 aliphatic heterocycles. The van der Waals surface area contributed by atoms with Crippen LogP contribution in [0.25, 0.3) is 0 Å². The maximum absolute atomic E-state index is 12.5. The zero-order valence-electron chi connectivity index (χ0n) is 12.6. The maximum atomic E-state index is 12.5. The van der Waals surface area contributed by atoms with Gasteiger partial charge in [-0.05, 0) is 38.8 Å². The third-order valence-electron chi connectivity index (χ3n) is 3.14. The molecule has 2 nitrogen and oxygen atoms in total. The van der Waals surface area contributed by atoms with E-state index in [0.29, 0.717) is 0 Å². The van der Waals surface area contributed by atoms with Crippen molar-refractivity contribution in [2.24, 2.45) is 5.92 Å². The van der Waals surface area contributed by atoms with Crippen LogP contribution < -0.4 is 4.74 Å². The molecular formula is C17H26O2. The first-order chi connectivity index (χ1) is 9.08. The van der Waals surface area contributed by atoms with Crippen molar-refractivity contribution in [2.75, 3.05) is 0 Å². The highest BCUT2D eigenvalue weighted by atomic mass is 16.5. The van der Waals surface area contributed by atoms with Gasteiger partial charge >= 0.3 is 0 Å². The van der Waals surface area contributed by atoms with Crippen molar-refractivity contribution in [2.45, 2.75) is 59.5 Å². The summed E-state index contributed by atoms with van der Waals surface area (Å²) in [5, 5.41) is 0. The normalized spacial score (nSPS) is 11.1. The standard InChI is InChI=1S/C17H26O2/c1-5-8-14(9-6-2)17(18)15-10-7-11-16(12-15)19-13(3)4/h7,10-14H,5-6,8-9H2,1-4H3. The van der Waals surface area contributed by atoms with Gasteiger partial charge in [0.25, 0.3) is 0 Å². The Bertz CT molecular complexity index is 390. The van der Waals surface area contributed by atoms with Crippen LogP contribution in [0, 0.1) is 5.92 Å². The lowest BCUT2D eigenvalue weighted by Gasteiger charge is -2.15. The summed E-state index contributed by atoms with van der Waals surface area (Å²) in [6.45, 7) is 8.25. The van der Waals surface area contributed by atoms with E-state index >= 15 is 0 Å². The highest BCUT2D eigenvalue weighted by Crippen LogP contribution is 2.22. The number of rotatable bonds is 8. The van der Waals surface area contributed by atoms with E-state index < -0.39 is 0 Å². The van der Waals surface area contributed by atoms with E-state index in [1.807, 2.05) is 38.1 Å². The van der Waals surface area contributed by atoms with Crippen molar-refractivity contribution in [1.29, 1.82) is 0 Å². The van der Waals surface area contributed by atoms with Gasteiger partial charge in [0.05, 0.1) is 6.10 Å². The number of ketones is 1. The van der Waals surface area contributed by atoms with E-state index in [9.17, 15) is 4.79 Å². The summed E-state index contributed by atoms with van der Waals surface area (Å²) in [5.74, 6) is 1.20. The molecule has 0 saturated heterocycles. The highest BCUT2D eigenvalue weighted by Gasteiger charge is 2.18. The van der Waals surface area contributed by atoms with Gasteiger partial charge in [-0.3, -0.25) is 4.79 Å². The molecule has 0 N–H and O–H groups in total. The number of carbonyl (C=O) groups excluding carboxylic acids is 1. The van der Waals surface area contributed by atoms with Gasteiger partial charge in [0.15, 0.2) is 5.78 Å². The van der Waals surface area contributed by atoms with Crippen molar-refractivity contribution < 1.29 is 9.53 Å².